The molecule has 0 radical (unpaired) electrons. The minimum absolute atomic E-state index is 0. The summed E-state index contributed by atoms with van der Waals surface area (Å²) < 4.78 is 51.8. The Morgan fingerprint density at radius 2 is 1.85 bits per heavy atom. The zero-order valence-corrected chi connectivity index (χ0v) is 15.5. The first-order chi connectivity index (χ1) is 11.9. The largest absolute Gasteiger partial charge is 0.573 e. The van der Waals surface area contributed by atoms with Crippen LogP contribution in [0.5, 0.6) is 11.5 Å². The number of benzene rings is 1. The molecule has 1 aromatic rings. The molecule has 9 heteroatoms. The van der Waals surface area contributed by atoms with Gasteiger partial charge < -0.3 is 25.3 Å². The van der Waals surface area contributed by atoms with Gasteiger partial charge in [0, 0.05) is 31.3 Å². The molecule has 26 heavy (non-hydrogen) atoms. The van der Waals surface area contributed by atoms with Gasteiger partial charge in [0.15, 0.2) is 0 Å². The third kappa shape index (κ3) is 7.99. The summed E-state index contributed by atoms with van der Waals surface area (Å²) in [6.45, 7) is 1.12. The Balaban J connectivity index is 0.00000338. The second kappa shape index (κ2) is 10.8. The third-order valence-corrected chi connectivity index (χ3v) is 4.16. The quantitative estimate of drug-likeness (QED) is 0.657. The fourth-order valence-electron chi connectivity index (χ4n) is 2.84. The minimum Gasteiger partial charge on any atom is -0.491 e. The van der Waals surface area contributed by atoms with Gasteiger partial charge in [-0.25, -0.2) is 0 Å². The van der Waals surface area contributed by atoms with Crippen LogP contribution in [0.25, 0.3) is 0 Å². The van der Waals surface area contributed by atoms with Crippen LogP contribution in [0.1, 0.15) is 31.2 Å². The second-order valence-electron chi connectivity index (χ2n) is 6.15. The summed E-state index contributed by atoms with van der Waals surface area (Å²) in [5, 5.41) is 3.38. The normalized spacial score (nSPS) is 20.3. The zero-order chi connectivity index (χ0) is 18.3. The molecule has 5 nitrogen and oxygen atoms in total. The van der Waals surface area contributed by atoms with Crippen molar-refractivity contribution in [3.63, 3.8) is 0 Å². The van der Waals surface area contributed by atoms with Crippen LogP contribution in [-0.2, 0) is 11.3 Å². The molecule has 0 bridgehead atoms. The number of ether oxygens (including phenoxy) is 3. The molecule has 0 atom stereocenters. The van der Waals surface area contributed by atoms with Crippen molar-refractivity contribution in [1.29, 1.82) is 0 Å². The summed E-state index contributed by atoms with van der Waals surface area (Å²) in [6.07, 6.45) is -0.902. The molecular weight excluding hydrogens is 373 g/mol. The predicted molar refractivity (Wildman–Crippen MR) is 94.8 cm³/mol. The number of halogens is 4. The number of rotatable bonds is 8. The Labute approximate surface area is 157 Å². The predicted octanol–water partition coefficient (Wildman–Crippen LogP) is 3.39. The van der Waals surface area contributed by atoms with Gasteiger partial charge in [-0.2, -0.15) is 0 Å². The molecule has 0 spiro atoms. The van der Waals surface area contributed by atoms with E-state index in [0.717, 1.165) is 25.7 Å². The van der Waals surface area contributed by atoms with E-state index in [0.29, 0.717) is 37.1 Å². The fraction of sp³-hybridized carbons (Fsp3) is 0.647. The Morgan fingerprint density at radius 3 is 2.46 bits per heavy atom. The lowest BCUT2D eigenvalue weighted by Crippen LogP contribution is -2.37. The SMILES string of the molecule is COCCOc1ccc(OC(F)(F)F)cc1CNC1CCC(N)CC1.Cl. The Hall–Kier alpha value is -1.22. The van der Waals surface area contributed by atoms with Gasteiger partial charge >= 0.3 is 6.36 Å². The Morgan fingerprint density at radius 1 is 1.15 bits per heavy atom. The van der Waals surface area contributed by atoms with E-state index in [2.05, 4.69) is 10.1 Å². The first-order valence-electron chi connectivity index (χ1n) is 8.37. The Bertz CT molecular complexity index is 538. The average molecular weight is 399 g/mol. The lowest BCUT2D eigenvalue weighted by molar-refractivity contribution is -0.274. The molecule has 1 aliphatic carbocycles. The van der Waals surface area contributed by atoms with Gasteiger partial charge in [-0.15, -0.1) is 25.6 Å². The van der Waals surface area contributed by atoms with E-state index >= 15 is 0 Å². The van der Waals surface area contributed by atoms with Crippen molar-refractivity contribution in [1.82, 2.24) is 5.32 Å². The fourth-order valence-corrected chi connectivity index (χ4v) is 2.84. The van der Waals surface area contributed by atoms with Crippen LogP contribution < -0.4 is 20.5 Å². The van der Waals surface area contributed by atoms with Crippen LogP contribution in [-0.4, -0.2) is 38.8 Å². The Kier molecular flexibility index (Phi) is 9.49. The molecule has 2 rings (SSSR count). The highest BCUT2D eigenvalue weighted by atomic mass is 35.5. The maximum atomic E-state index is 12.4. The molecule has 0 saturated heterocycles. The van der Waals surface area contributed by atoms with E-state index in [9.17, 15) is 13.2 Å². The van der Waals surface area contributed by atoms with E-state index in [4.69, 9.17) is 15.2 Å². The highest BCUT2D eigenvalue weighted by molar-refractivity contribution is 5.85. The number of nitrogens with one attached hydrogen (secondary N) is 1. The molecule has 150 valence electrons. The lowest BCUT2D eigenvalue weighted by Gasteiger charge is -2.27. The van der Waals surface area contributed by atoms with E-state index in [1.807, 2.05) is 0 Å². The molecule has 0 aliphatic heterocycles. The molecule has 1 saturated carbocycles. The molecule has 1 aromatic carbocycles. The van der Waals surface area contributed by atoms with Gasteiger partial charge in [0.2, 0.25) is 0 Å². The van der Waals surface area contributed by atoms with Gasteiger partial charge in [-0.1, -0.05) is 0 Å². The highest BCUT2D eigenvalue weighted by Gasteiger charge is 2.31. The first-order valence-corrected chi connectivity index (χ1v) is 8.37. The van der Waals surface area contributed by atoms with Crippen molar-refractivity contribution in [2.75, 3.05) is 20.3 Å². The summed E-state index contributed by atoms with van der Waals surface area (Å²) in [4.78, 5) is 0. The van der Waals surface area contributed by atoms with E-state index in [1.165, 1.54) is 18.2 Å². The molecule has 0 amide bonds. The minimum atomic E-state index is -4.72. The summed E-state index contributed by atoms with van der Waals surface area (Å²) in [5.41, 5.74) is 6.51. The summed E-state index contributed by atoms with van der Waals surface area (Å²) in [6, 6.07) is 4.65. The van der Waals surface area contributed by atoms with Crippen molar-refractivity contribution >= 4 is 12.4 Å². The van der Waals surface area contributed by atoms with Crippen molar-refractivity contribution in [2.24, 2.45) is 5.73 Å². The van der Waals surface area contributed by atoms with Crippen LogP contribution in [0, 0.1) is 0 Å². The monoisotopic (exact) mass is 398 g/mol. The summed E-state index contributed by atoms with van der Waals surface area (Å²) >= 11 is 0. The van der Waals surface area contributed by atoms with Crippen molar-refractivity contribution in [3.8, 4) is 11.5 Å². The van der Waals surface area contributed by atoms with Gasteiger partial charge in [0.25, 0.3) is 0 Å². The molecule has 1 aliphatic rings. The molecule has 0 heterocycles. The number of alkyl halides is 3. The first kappa shape index (κ1) is 22.8. The lowest BCUT2D eigenvalue weighted by atomic mass is 9.92. The maximum absolute atomic E-state index is 12.4. The van der Waals surface area contributed by atoms with Crippen molar-refractivity contribution < 1.29 is 27.4 Å². The van der Waals surface area contributed by atoms with Crippen molar-refractivity contribution in [2.45, 2.75) is 50.7 Å². The molecular formula is C17H26ClF3N2O3. The van der Waals surface area contributed by atoms with Crippen molar-refractivity contribution in [3.05, 3.63) is 23.8 Å². The van der Waals surface area contributed by atoms with Crippen LogP contribution >= 0.6 is 12.4 Å². The van der Waals surface area contributed by atoms with Crippen LogP contribution in [0.3, 0.4) is 0 Å². The van der Waals surface area contributed by atoms with Crippen LogP contribution in [0.15, 0.2) is 18.2 Å². The smallest absolute Gasteiger partial charge is 0.491 e. The standard InChI is InChI=1S/C17H25F3N2O3.ClH/c1-23-8-9-24-16-7-6-15(25-17(18,19)20)10-12(16)11-22-14-4-2-13(21)3-5-14;/h6-7,10,13-14,22H,2-5,8-9,11,21H2,1H3;1H. The van der Waals surface area contributed by atoms with Gasteiger partial charge in [0.1, 0.15) is 18.1 Å². The van der Waals surface area contributed by atoms with Gasteiger partial charge in [-0.05, 0) is 43.9 Å². The average Bonchev–Trinajstić information content (AvgIpc) is 2.55. The number of methoxy groups -OCH3 is 1. The number of hydrogen-bond donors (Lipinski definition) is 2. The maximum Gasteiger partial charge on any atom is 0.573 e. The highest BCUT2D eigenvalue weighted by Crippen LogP contribution is 2.29. The molecule has 0 unspecified atom stereocenters. The molecule has 0 aromatic heterocycles. The van der Waals surface area contributed by atoms with E-state index in [-0.39, 0.29) is 24.2 Å². The summed E-state index contributed by atoms with van der Waals surface area (Å²) in [5.74, 6) is 0.264. The van der Waals surface area contributed by atoms with Crippen LogP contribution in [0.2, 0.25) is 0 Å². The van der Waals surface area contributed by atoms with E-state index < -0.39 is 6.36 Å². The second-order valence-corrected chi connectivity index (χ2v) is 6.15. The van der Waals surface area contributed by atoms with E-state index in [1.54, 1.807) is 7.11 Å². The van der Waals surface area contributed by atoms with Gasteiger partial charge in [0.05, 0.1) is 6.61 Å². The third-order valence-electron chi connectivity index (χ3n) is 4.16. The molecule has 3 N–H and O–H groups in total. The van der Waals surface area contributed by atoms with Gasteiger partial charge in [-0.3, -0.25) is 0 Å². The number of nitrogens with two attached hydrogens (primary N) is 1. The number of hydrogen-bond acceptors (Lipinski definition) is 5. The topological polar surface area (TPSA) is 65.7 Å². The zero-order valence-electron chi connectivity index (χ0n) is 14.7. The molecule has 1 fully saturated rings. The summed E-state index contributed by atoms with van der Waals surface area (Å²) in [7, 11) is 1.56. The van der Waals surface area contributed by atoms with Crippen LogP contribution in [0.4, 0.5) is 13.2 Å².